The third-order valence-electron chi connectivity index (χ3n) is 1.85. The number of nitrogens with one attached hydrogen (secondary N) is 1. The zero-order valence-corrected chi connectivity index (χ0v) is 10.3. The summed E-state index contributed by atoms with van der Waals surface area (Å²) in [6.45, 7) is 0. The van der Waals surface area contributed by atoms with Crippen LogP contribution in [0, 0.1) is 11.3 Å². The van der Waals surface area contributed by atoms with E-state index < -0.39 is 21.9 Å². The molecule has 1 amide bonds. The van der Waals surface area contributed by atoms with Gasteiger partial charge in [0.05, 0.1) is 11.6 Å². The van der Waals surface area contributed by atoms with Crippen molar-refractivity contribution in [1.29, 1.82) is 5.26 Å². The number of amides is 1. The Labute approximate surface area is 112 Å². The number of carboxylic acid groups (broad SMARTS) is 1. The van der Waals surface area contributed by atoms with Crippen molar-refractivity contribution in [3.63, 3.8) is 0 Å². The number of carbonyl (C=O) groups is 2. The molecular weight excluding hydrogens is 279 g/mol. The van der Waals surface area contributed by atoms with E-state index >= 15 is 0 Å². The summed E-state index contributed by atoms with van der Waals surface area (Å²) in [7, 11) is 0. The minimum Gasteiger partial charge on any atom is -0.477 e. The minimum absolute atomic E-state index is 0.368. The normalized spacial score (nSPS) is 11.2. The molecule has 0 saturated carbocycles. The minimum atomic E-state index is -1.49. The molecule has 0 aliphatic carbocycles. The summed E-state index contributed by atoms with van der Waals surface area (Å²) in [5, 5.41) is 18.1. The Morgan fingerprint density at radius 3 is 2.17 bits per heavy atom. The van der Waals surface area contributed by atoms with E-state index in [2.05, 4.69) is 5.32 Å². The summed E-state index contributed by atoms with van der Waals surface area (Å²) in [5.74, 6) is -2.33. The Bertz CT molecular complexity index is 559. The first-order chi connectivity index (χ1) is 8.45. The SMILES string of the molecule is N#Cc1ccc(NC(=O)/C(Cl)=C(\Cl)C(=O)O)cc1. The molecule has 0 fully saturated rings. The molecule has 18 heavy (non-hydrogen) atoms. The van der Waals surface area contributed by atoms with Crippen molar-refractivity contribution in [2.24, 2.45) is 0 Å². The molecule has 1 rings (SSSR count). The van der Waals surface area contributed by atoms with Gasteiger partial charge in [-0.1, -0.05) is 23.2 Å². The summed E-state index contributed by atoms with van der Waals surface area (Å²) in [6.07, 6.45) is 0. The predicted octanol–water partition coefficient (Wildman–Crippen LogP) is 2.27. The number of halogens is 2. The number of nitriles is 1. The zero-order chi connectivity index (χ0) is 13.7. The molecule has 0 unspecified atom stereocenters. The average molecular weight is 285 g/mol. The first-order valence-corrected chi connectivity index (χ1v) is 5.31. The van der Waals surface area contributed by atoms with Gasteiger partial charge in [0.15, 0.2) is 0 Å². The lowest BCUT2D eigenvalue weighted by Gasteiger charge is -2.04. The highest BCUT2D eigenvalue weighted by Gasteiger charge is 2.17. The maximum atomic E-state index is 11.5. The molecule has 0 saturated heterocycles. The topological polar surface area (TPSA) is 90.2 Å². The van der Waals surface area contributed by atoms with Gasteiger partial charge in [-0.3, -0.25) is 4.79 Å². The van der Waals surface area contributed by atoms with E-state index in [1.165, 1.54) is 24.3 Å². The van der Waals surface area contributed by atoms with Gasteiger partial charge in [0.2, 0.25) is 0 Å². The van der Waals surface area contributed by atoms with E-state index in [1.54, 1.807) is 0 Å². The van der Waals surface area contributed by atoms with Gasteiger partial charge in [0, 0.05) is 5.69 Å². The van der Waals surface area contributed by atoms with Gasteiger partial charge in [-0.2, -0.15) is 5.26 Å². The quantitative estimate of drug-likeness (QED) is 0.833. The lowest BCUT2D eigenvalue weighted by molar-refractivity contribution is -0.132. The van der Waals surface area contributed by atoms with Crippen LogP contribution in [0.2, 0.25) is 0 Å². The van der Waals surface area contributed by atoms with Crippen LogP contribution in [0.1, 0.15) is 5.56 Å². The van der Waals surface area contributed by atoms with E-state index in [-0.39, 0.29) is 0 Å². The Hall–Kier alpha value is -2.03. The van der Waals surface area contributed by atoms with Gasteiger partial charge in [-0.05, 0) is 24.3 Å². The molecule has 0 radical (unpaired) electrons. The molecule has 0 atom stereocenters. The molecule has 5 nitrogen and oxygen atoms in total. The van der Waals surface area contributed by atoms with Crippen LogP contribution in [0.15, 0.2) is 34.3 Å². The monoisotopic (exact) mass is 284 g/mol. The standard InChI is InChI=1S/C11H6Cl2N2O3/c12-8(9(13)11(17)18)10(16)15-7-3-1-6(5-14)2-4-7/h1-4H,(H,15,16)(H,17,18)/b9-8+. The van der Waals surface area contributed by atoms with Crippen LogP contribution in [0.5, 0.6) is 0 Å². The number of hydrogen-bond acceptors (Lipinski definition) is 3. The maximum absolute atomic E-state index is 11.5. The van der Waals surface area contributed by atoms with E-state index in [4.69, 9.17) is 33.6 Å². The molecule has 2 N–H and O–H groups in total. The van der Waals surface area contributed by atoms with Gasteiger partial charge < -0.3 is 10.4 Å². The van der Waals surface area contributed by atoms with Gasteiger partial charge in [-0.25, -0.2) is 4.79 Å². The highest BCUT2D eigenvalue weighted by Crippen LogP contribution is 2.17. The maximum Gasteiger partial charge on any atom is 0.349 e. The fourth-order valence-corrected chi connectivity index (χ4v) is 1.22. The first-order valence-electron chi connectivity index (χ1n) is 4.55. The highest BCUT2D eigenvalue weighted by atomic mass is 35.5. The molecule has 1 aromatic rings. The number of hydrogen-bond donors (Lipinski definition) is 2. The molecular formula is C11H6Cl2N2O3. The number of benzene rings is 1. The average Bonchev–Trinajstić information content (AvgIpc) is 2.37. The summed E-state index contributed by atoms with van der Waals surface area (Å²) >= 11 is 10.8. The molecule has 92 valence electrons. The number of rotatable bonds is 3. The first kappa shape index (κ1) is 14.0. The summed E-state index contributed by atoms with van der Waals surface area (Å²) in [4.78, 5) is 22.0. The summed E-state index contributed by atoms with van der Waals surface area (Å²) in [6, 6.07) is 7.86. The van der Waals surface area contributed by atoms with Crippen molar-refractivity contribution in [3.8, 4) is 6.07 Å². The second-order valence-corrected chi connectivity index (χ2v) is 3.83. The van der Waals surface area contributed by atoms with Crippen molar-refractivity contribution < 1.29 is 14.7 Å². The summed E-state index contributed by atoms with van der Waals surface area (Å²) < 4.78 is 0. The second-order valence-electron chi connectivity index (χ2n) is 3.08. The van der Waals surface area contributed by atoms with Crippen LogP contribution < -0.4 is 5.32 Å². The molecule has 0 aliphatic rings. The fourth-order valence-electron chi connectivity index (χ4n) is 1.01. The smallest absolute Gasteiger partial charge is 0.349 e. The molecule has 0 heterocycles. The number of nitrogens with zero attached hydrogens (tertiary/aromatic N) is 1. The Morgan fingerprint density at radius 1 is 1.17 bits per heavy atom. The van der Waals surface area contributed by atoms with Crippen LogP contribution in [-0.2, 0) is 9.59 Å². The largest absolute Gasteiger partial charge is 0.477 e. The zero-order valence-electron chi connectivity index (χ0n) is 8.78. The van der Waals surface area contributed by atoms with Gasteiger partial charge in [0.1, 0.15) is 10.1 Å². The lowest BCUT2D eigenvalue weighted by Crippen LogP contribution is -2.14. The summed E-state index contributed by atoms with van der Waals surface area (Å²) in [5.41, 5.74) is 0.796. The van der Waals surface area contributed by atoms with E-state index in [9.17, 15) is 9.59 Å². The number of carbonyl (C=O) groups excluding carboxylic acids is 1. The van der Waals surface area contributed by atoms with Crippen LogP contribution in [0.25, 0.3) is 0 Å². The molecule has 0 aromatic heterocycles. The number of anilines is 1. The lowest BCUT2D eigenvalue weighted by atomic mass is 10.2. The van der Waals surface area contributed by atoms with E-state index in [0.717, 1.165) is 0 Å². The Morgan fingerprint density at radius 2 is 1.72 bits per heavy atom. The van der Waals surface area contributed by atoms with Crippen molar-refractivity contribution in [1.82, 2.24) is 0 Å². The molecule has 1 aromatic carbocycles. The number of aliphatic carboxylic acids is 1. The third-order valence-corrected chi connectivity index (χ3v) is 2.66. The fraction of sp³-hybridized carbons (Fsp3) is 0. The second kappa shape index (κ2) is 6.05. The molecule has 0 spiro atoms. The third kappa shape index (κ3) is 3.48. The predicted molar refractivity (Wildman–Crippen MR) is 66.2 cm³/mol. The van der Waals surface area contributed by atoms with Crippen LogP contribution in [0.3, 0.4) is 0 Å². The van der Waals surface area contributed by atoms with Crippen LogP contribution in [0.4, 0.5) is 5.69 Å². The van der Waals surface area contributed by atoms with Crippen LogP contribution >= 0.6 is 23.2 Å². The Balaban J connectivity index is 2.85. The molecule has 0 bridgehead atoms. The van der Waals surface area contributed by atoms with Crippen molar-refractivity contribution in [3.05, 3.63) is 39.9 Å². The van der Waals surface area contributed by atoms with Crippen molar-refractivity contribution >= 4 is 40.8 Å². The van der Waals surface area contributed by atoms with E-state index in [0.29, 0.717) is 11.3 Å². The molecule has 7 heteroatoms. The van der Waals surface area contributed by atoms with Gasteiger partial charge in [-0.15, -0.1) is 0 Å². The van der Waals surface area contributed by atoms with E-state index in [1.807, 2.05) is 6.07 Å². The number of carboxylic acids is 1. The van der Waals surface area contributed by atoms with Crippen molar-refractivity contribution in [2.45, 2.75) is 0 Å². The van der Waals surface area contributed by atoms with Gasteiger partial charge in [0.25, 0.3) is 5.91 Å². The van der Waals surface area contributed by atoms with Crippen molar-refractivity contribution in [2.75, 3.05) is 5.32 Å². The highest BCUT2D eigenvalue weighted by molar-refractivity contribution is 6.54. The van der Waals surface area contributed by atoms with Crippen LogP contribution in [-0.4, -0.2) is 17.0 Å². The molecule has 0 aliphatic heterocycles. The Kier molecular flexibility index (Phi) is 4.72. The van der Waals surface area contributed by atoms with Gasteiger partial charge >= 0.3 is 5.97 Å².